The zero-order valence-corrected chi connectivity index (χ0v) is 7.58. The van der Waals surface area contributed by atoms with E-state index in [1.807, 2.05) is 19.1 Å². The van der Waals surface area contributed by atoms with Crippen molar-refractivity contribution >= 4 is 5.70 Å². The van der Waals surface area contributed by atoms with Gasteiger partial charge in [0, 0.05) is 17.5 Å². The van der Waals surface area contributed by atoms with Gasteiger partial charge in [-0.15, -0.1) is 0 Å². The third-order valence-corrected chi connectivity index (χ3v) is 2.13. The Labute approximate surface area is 76.4 Å². The molecule has 0 radical (unpaired) electrons. The second-order valence-corrected chi connectivity index (χ2v) is 3.24. The van der Waals surface area contributed by atoms with Gasteiger partial charge in [0.25, 0.3) is 5.56 Å². The van der Waals surface area contributed by atoms with Crippen molar-refractivity contribution in [3.05, 3.63) is 40.3 Å². The van der Waals surface area contributed by atoms with E-state index in [1.165, 1.54) is 0 Å². The van der Waals surface area contributed by atoms with Gasteiger partial charge in [-0.2, -0.15) is 0 Å². The summed E-state index contributed by atoms with van der Waals surface area (Å²) in [6.45, 7) is 1.89. The lowest BCUT2D eigenvalue weighted by atomic mass is 10.1. The molecule has 1 aromatic heterocycles. The predicted molar refractivity (Wildman–Crippen MR) is 52.4 cm³/mol. The zero-order chi connectivity index (χ0) is 9.26. The zero-order valence-electron chi connectivity index (χ0n) is 7.58. The van der Waals surface area contributed by atoms with E-state index in [9.17, 15) is 4.79 Å². The van der Waals surface area contributed by atoms with Crippen molar-refractivity contribution in [2.75, 3.05) is 0 Å². The van der Waals surface area contributed by atoms with Crippen LogP contribution in [0.1, 0.15) is 18.5 Å². The van der Waals surface area contributed by atoms with E-state index < -0.39 is 0 Å². The van der Waals surface area contributed by atoms with E-state index in [0.717, 1.165) is 24.2 Å². The molecule has 0 saturated carbocycles. The molecule has 0 aliphatic heterocycles. The number of aromatic amines is 1. The SMILES string of the molecule is Cc1cc(=O)n(C2=CC=CCC2)[nH]1. The van der Waals surface area contributed by atoms with Crippen LogP contribution < -0.4 is 5.56 Å². The number of H-pyrrole nitrogens is 1. The van der Waals surface area contributed by atoms with Gasteiger partial charge in [-0.3, -0.25) is 9.89 Å². The van der Waals surface area contributed by atoms with Crippen molar-refractivity contribution in [1.29, 1.82) is 0 Å². The number of nitrogens with one attached hydrogen (secondary N) is 1. The smallest absolute Gasteiger partial charge is 0.271 e. The fourth-order valence-electron chi connectivity index (χ4n) is 1.50. The monoisotopic (exact) mass is 176 g/mol. The van der Waals surface area contributed by atoms with Gasteiger partial charge in [-0.25, -0.2) is 4.68 Å². The third kappa shape index (κ3) is 1.49. The van der Waals surface area contributed by atoms with Gasteiger partial charge in [0.15, 0.2) is 0 Å². The third-order valence-electron chi connectivity index (χ3n) is 2.13. The van der Waals surface area contributed by atoms with Crippen LogP contribution in [-0.4, -0.2) is 9.78 Å². The summed E-state index contributed by atoms with van der Waals surface area (Å²) < 4.78 is 1.61. The molecule has 0 fully saturated rings. The summed E-state index contributed by atoms with van der Waals surface area (Å²) in [4.78, 5) is 11.4. The maximum Gasteiger partial charge on any atom is 0.271 e. The van der Waals surface area contributed by atoms with Crippen LogP contribution in [0, 0.1) is 6.92 Å². The molecule has 1 aliphatic rings. The van der Waals surface area contributed by atoms with Crippen LogP contribution in [-0.2, 0) is 0 Å². The van der Waals surface area contributed by atoms with Gasteiger partial charge < -0.3 is 0 Å². The topological polar surface area (TPSA) is 37.8 Å². The lowest BCUT2D eigenvalue weighted by molar-refractivity contribution is 0.805. The molecule has 0 saturated heterocycles. The fraction of sp³-hybridized carbons (Fsp3) is 0.300. The summed E-state index contributed by atoms with van der Waals surface area (Å²) >= 11 is 0. The molecule has 0 aromatic carbocycles. The van der Waals surface area contributed by atoms with E-state index in [1.54, 1.807) is 10.7 Å². The van der Waals surface area contributed by atoms with Crippen molar-refractivity contribution in [1.82, 2.24) is 9.78 Å². The molecule has 1 heterocycles. The molecule has 2 rings (SSSR count). The number of nitrogens with zero attached hydrogens (tertiary/aromatic N) is 1. The highest BCUT2D eigenvalue weighted by Crippen LogP contribution is 2.14. The minimum absolute atomic E-state index is 0.0269. The van der Waals surface area contributed by atoms with Crippen LogP contribution >= 0.6 is 0 Å². The molecule has 3 heteroatoms. The largest absolute Gasteiger partial charge is 0.296 e. The minimum atomic E-state index is 0.0269. The quantitative estimate of drug-likeness (QED) is 0.694. The summed E-state index contributed by atoms with van der Waals surface area (Å²) in [5.74, 6) is 0. The van der Waals surface area contributed by atoms with Crippen molar-refractivity contribution < 1.29 is 0 Å². The number of rotatable bonds is 1. The molecule has 0 atom stereocenters. The fourth-order valence-corrected chi connectivity index (χ4v) is 1.50. The lowest BCUT2D eigenvalue weighted by Crippen LogP contribution is -2.15. The Morgan fingerprint density at radius 1 is 1.54 bits per heavy atom. The molecule has 0 spiro atoms. The van der Waals surface area contributed by atoms with E-state index in [4.69, 9.17) is 0 Å². The van der Waals surface area contributed by atoms with Crippen LogP contribution in [0.4, 0.5) is 0 Å². The van der Waals surface area contributed by atoms with Crippen LogP contribution in [0.15, 0.2) is 29.1 Å². The highest BCUT2D eigenvalue weighted by molar-refractivity contribution is 5.49. The maximum atomic E-state index is 11.4. The van der Waals surface area contributed by atoms with E-state index >= 15 is 0 Å². The van der Waals surface area contributed by atoms with Gasteiger partial charge in [0.05, 0.1) is 0 Å². The first-order valence-corrected chi connectivity index (χ1v) is 4.42. The maximum absolute atomic E-state index is 11.4. The van der Waals surface area contributed by atoms with Gasteiger partial charge in [-0.05, 0) is 25.8 Å². The normalized spacial score (nSPS) is 15.9. The Morgan fingerprint density at radius 3 is 2.92 bits per heavy atom. The predicted octanol–water partition coefficient (Wildman–Crippen LogP) is 1.68. The average molecular weight is 176 g/mol. The number of hydrogen-bond donors (Lipinski definition) is 1. The minimum Gasteiger partial charge on any atom is -0.296 e. The Balaban J connectivity index is 2.45. The van der Waals surface area contributed by atoms with Gasteiger partial charge in [-0.1, -0.05) is 12.2 Å². The molecule has 1 aromatic rings. The first-order valence-electron chi connectivity index (χ1n) is 4.42. The number of aryl methyl sites for hydroxylation is 1. The highest BCUT2D eigenvalue weighted by atomic mass is 16.1. The molecule has 3 nitrogen and oxygen atoms in total. The van der Waals surface area contributed by atoms with Crippen molar-refractivity contribution in [2.24, 2.45) is 0 Å². The van der Waals surface area contributed by atoms with Crippen LogP contribution in [0.2, 0.25) is 0 Å². The Kier molecular flexibility index (Phi) is 1.93. The second kappa shape index (κ2) is 3.09. The molecule has 0 unspecified atom stereocenters. The van der Waals surface area contributed by atoms with E-state index in [0.29, 0.717) is 0 Å². The van der Waals surface area contributed by atoms with Crippen LogP contribution in [0.5, 0.6) is 0 Å². The standard InChI is InChI=1S/C10H12N2O/c1-8-7-10(13)12(11-8)9-5-3-2-4-6-9/h2-3,5,7,11H,4,6H2,1H3. The summed E-state index contributed by atoms with van der Waals surface area (Å²) in [5, 5.41) is 3.02. The molecule has 1 aliphatic carbocycles. The van der Waals surface area contributed by atoms with Gasteiger partial charge in [0.2, 0.25) is 0 Å². The second-order valence-electron chi connectivity index (χ2n) is 3.24. The highest BCUT2D eigenvalue weighted by Gasteiger charge is 2.05. The van der Waals surface area contributed by atoms with Crippen molar-refractivity contribution in [3.63, 3.8) is 0 Å². The molecule has 0 amide bonds. The number of aromatic nitrogens is 2. The Morgan fingerprint density at radius 2 is 2.38 bits per heavy atom. The molecule has 68 valence electrons. The molecule has 0 bridgehead atoms. The lowest BCUT2D eigenvalue weighted by Gasteiger charge is -2.08. The van der Waals surface area contributed by atoms with Crippen LogP contribution in [0.25, 0.3) is 5.70 Å². The molecule has 1 N–H and O–H groups in total. The molecular formula is C10H12N2O. The van der Waals surface area contributed by atoms with Gasteiger partial charge in [0.1, 0.15) is 0 Å². The van der Waals surface area contributed by atoms with E-state index in [-0.39, 0.29) is 5.56 Å². The first kappa shape index (κ1) is 8.10. The summed E-state index contributed by atoms with van der Waals surface area (Å²) in [6, 6.07) is 1.61. The molecular weight excluding hydrogens is 164 g/mol. The van der Waals surface area contributed by atoms with Gasteiger partial charge >= 0.3 is 0 Å². The van der Waals surface area contributed by atoms with Crippen molar-refractivity contribution in [3.8, 4) is 0 Å². The van der Waals surface area contributed by atoms with Crippen molar-refractivity contribution in [2.45, 2.75) is 19.8 Å². The average Bonchev–Trinajstić information content (AvgIpc) is 2.47. The van der Waals surface area contributed by atoms with Crippen LogP contribution in [0.3, 0.4) is 0 Å². The number of allylic oxidation sites excluding steroid dienone is 4. The summed E-state index contributed by atoms with van der Waals surface area (Å²) in [7, 11) is 0. The number of hydrogen-bond acceptors (Lipinski definition) is 1. The Bertz CT molecular complexity index is 420. The molecule has 13 heavy (non-hydrogen) atoms. The Hall–Kier alpha value is -1.51. The first-order chi connectivity index (χ1) is 6.27. The van der Waals surface area contributed by atoms with E-state index in [2.05, 4.69) is 11.2 Å². The summed E-state index contributed by atoms with van der Waals surface area (Å²) in [5.41, 5.74) is 1.97. The summed E-state index contributed by atoms with van der Waals surface area (Å²) in [6.07, 6.45) is 8.00.